The van der Waals surface area contributed by atoms with Crippen LogP contribution in [-0.2, 0) is 19.6 Å². The van der Waals surface area contributed by atoms with Crippen LogP contribution in [0.3, 0.4) is 0 Å². The van der Waals surface area contributed by atoms with E-state index in [0.717, 1.165) is 42.6 Å². The van der Waals surface area contributed by atoms with Crippen molar-refractivity contribution in [2.75, 3.05) is 13.6 Å². The molecule has 0 aliphatic carbocycles. The Hall–Kier alpha value is -0.820. The molecule has 2 aromatic rings. The average molecular weight is 325 g/mol. The zero-order valence-electron chi connectivity index (χ0n) is 13.2. The van der Waals surface area contributed by atoms with Gasteiger partial charge in [0.1, 0.15) is 5.01 Å². The van der Waals surface area contributed by atoms with E-state index in [9.17, 15) is 0 Å². The van der Waals surface area contributed by atoms with E-state index in [4.69, 9.17) is 4.98 Å². The van der Waals surface area contributed by atoms with E-state index in [-0.39, 0.29) is 0 Å². The molecule has 0 aliphatic heterocycles. The fourth-order valence-corrected chi connectivity index (χ4v) is 3.42. The molecule has 0 saturated heterocycles. The minimum atomic E-state index is 0.678. The number of thiazole rings is 2. The van der Waals surface area contributed by atoms with Gasteiger partial charge in [0.15, 0.2) is 0 Å². The van der Waals surface area contributed by atoms with Gasteiger partial charge in [0, 0.05) is 30.4 Å². The van der Waals surface area contributed by atoms with Gasteiger partial charge in [0.05, 0.1) is 16.4 Å². The Kier molecular flexibility index (Phi) is 6.29. The van der Waals surface area contributed by atoms with E-state index >= 15 is 0 Å². The molecular weight excluding hydrogens is 300 g/mol. The molecule has 21 heavy (non-hydrogen) atoms. The fourth-order valence-electron chi connectivity index (χ4n) is 2.06. The summed E-state index contributed by atoms with van der Waals surface area (Å²) in [4.78, 5) is 11.5. The maximum Gasteiger partial charge on any atom is 0.107 e. The van der Waals surface area contributed by atoms with Gasteiger partial charge in [-0.1, -0.05) is 13.8 Å². The zero-order valence-corrected chi connectivity index (χ0v) is 14.9. The number of hydrogen-bond acceptors (Lipinski definition) is 6. The number of aromatic nitrogens is 2. The van der Waals surface area contributed by atoms with E-state index in [1.165, 1.54) is 5.01 Å². The first-order chi connectivity index (χ1) is 10.0. The number of nitrogens with zero attached hydrogens (tertiary/aromatic N) is 3. The number of hydrogen-bond donors (Lipinski definition) is 1. The highest BCUT2D eigenvalue weighted by atomic mass is 32.1. The van der Waals surface area contributed by atoms with Crippen molar-refractivity contribution in [3.05, 3.63) is 32.2 Å². The van der Waals surface area contributed by atoms with Crippen molar-refractivity contribution in [1.29, 1.82) is 0 Å². The molecule has 4 nitrogen and oxygen atoms in total. The summed E-state index contributed by atoms with van der Waals surface area (Å²) in [5.41, 5.74) is 2.30. The van der Waals surface area contributed by atoms with Crippen LogP contribution in [-0.4, -0.2) is 28.5 Å². The average Bonchev–Trinajstić information content (AvgIpc) is 2.98. The van der Waals surface area contributed by atoms with Crippen LogP contribution in [0.25, 0.3) is 0 Å². The first-order valence-corrected chi connectivity index (χ1v) is 9.02. The monoisotopic (exact) mass is 324 g/mol. The van der Waals surface area contributed by atoms with Crippen molar-refractivity contribution < 1.29 is 0 Å². The maximum atomic E-state index is 4.69. The third-order valence-electron chi connectivity index (χ3n) is 2.96. The summed E-state index contributed by atoms with van der Waals surface area (Å²) in [6.07, 6.45) is 0. The van der Waals surface area contributed by atoms with Crippen molar-refractivity contribution in [3.8, 4) is 0 Å². The molecule has 0 aromatic carbocycles. The molecule has 0 unspecified atom stereocenters. The Morgan fingerprint density at radius 1 is 1.14 bits per heavy atom. The molecule has 2 rings (SSSR count). The lowest BCUT2D eigenvalue weighted by Crippen LogP contribution is -2.19. The Bertz CT molecular complexity index is 547. The van der Waals surface area contributed by atoms with Gasteiger partial charge in [-0.15, -0.1) is 22.7 Å². The summed E-state index contributed by atoms with van der Waals surface area (Å²) in [7, 11) is 2.12. The van der Waals surface area contributed by atoms with Crippen molar-refractivity contribution in [2.24, 2.45) is 5.92 Å². The first kappa shape index (κ1) is 16.5. The van der Waals surface area contributed by atoms with Gasteiger partial charge in [-0.05, 0) is 26.4 Å². The van der Waals surface area contributed by atoms with Gasteiger partial charge < -0.3 is 5.32 Å². The predicted octanol–water partition coefficient (Wildman–Crippen LogP) is 3.29. The van der Waals surface area contributed by atoms with Crippen LogP contribution in [0.1, 0.15) is 35.3 Å². The molecule has 0 fully saturated rings. The summed E-state index contributed by atoms with van der Waals surface area (Å²) in [5, 5.41) is 10.0. The molecule has 0 atom stereocenters. The lowest BCUT2D eigenvalue weighted by atomic mass is 10.2. The van der Waals surface area contributed by atoms with Crippen LogP contribution in [0.15, 0.2) is 10.8 Å². The maximum absolute atomic E-state index is 4.69. The largest absolute Gasteiger partial charge is 0.310 e. The summed E-state index contributed by atoms with van der Waals surface area (Å²) >= 11 is 3.45. The minimum Gasteiger partial charge on any atom is -0.310 e. The molecule has 1 N–H and O–H groups in total. The topological polar surface area (TPSA) is 41.1 Å². The lowest BCUT2D eigenvalue weighted by Gasteiger charge is -2.13. The number of aryl methyl sites for hydroxylation is 1. The molecule has 0 spiro atoms. The lowest BCUT2D eigenvalue weighted by molar-refractivity contribution is 0.312. The molecule has 0 radical (unpaired) electrons. The van der Waals surface area contributed by atoms with Gasteiger partial charge in [-0.2, -0.15) is 0 Å². The van der Waals surface area contributed by atoms with Gasteiger partial charge >= 0.3 is 0 Å². The van der Waals surface area contributed by atoms with E-state index in [1.54, 1.807) is 22.7 Å². The minimum absolute atomic E-state index is 0.678. The Morgan fingerprint density at radius 3 is 2.43 bits per heavy atom. The molecule has 2 heterocycles. The molecule has 0 saturated carbocycles. The van der Waals surface area contributed by atoms with Crippen LogP contribution in [0.4, 0.5) is 0 Å². The van der Waals surface area contributed by atoms with Crippen LogP contribution in [0, 0.1) is 12.8 Å². The smallest absolute Gasteiger partial charge is 0.107 e. The molecular formula is C15H24N4S2. The molecule has 0 bridgehead atoms. The predicted molar refractivity (Wildman–Crippen MR) is 90.7 cm³/mol. The summed E-state index contributed by atoms with van der Waals surface area (Å²) in [5.74, 6) is 0.678. The van der Waals surface area contributed by atoms with E-state index in [0.29, 0.717) is 5.92 Å². The first-order valence-electron chi connectivity index (χ1n) is 7.26. The molecule has 0 amide bonds. The second kappa shape index (κ2) is 7.98. The third-order valence-corrected chi connectivity index (χ3v) is 4.68. The summed E-state index contributed by atoms with van der Waals surface area (Å²) in [6.45, 7) is 10.1. The second-order valence-corrected chi connectivity index (χ2v) is 7.79. The Balaban J connectivity index is 1.78. The number of rotatable bonds is 8. The van der Waals surface area contributed by atoms with Gasteiger partial charge in [-0.3, -0.25) is 4.90 Å². The van der Waals surface area contributed by atoms with Crippen molar-refractivity contribution >= 4 is 22.7 Å². The van der Waals surface area contributed by atoms with Gasteiger partial charge in [0.25, 0.3) is 0 Å². The van der Waals surface area contributed by atoms with Crippen LogP contribution in [0.5, 0.6) is 0 Å². The highest BCUT2D eigenvalue weighted by molar-refractivity contribution is 7.09. The van der Waals surface area contributed by atoms with Gasteiger partial charge in [-0.25, -0.2) is 9.97 Å². The zero-order chi connectivity index (χ0) is 15.2. The SMILES string of the molecule is Cc1nc(CN(C)Cc2csc(CNCC(C)C)n2)cs1. The highest BCUT2D eigenvalue weighted by Crippen LogP contribution is 2.14. The van der Waals surface area contributed by atoms with Crippen molar-refractivity contribution in [2.45, 2.75) is 40.4 Å². The fraction of sp³-hybridized carbons (Fsp3) is 0.600. The summed E-state index contributed by atoms with van der Waals surface area (Å²) < 4.78 is 0. The van der Waals surface area contributed by atoms with Crippen LogP contribution in [0.2, 0.25) is 0 Å². The van der Waals surface area contributed by atoms with Crippen molar-refractivity contribution in [1.82, 2.24) is 20.2 Å². The van der Waals surface area contributed by atoms with Crippen LogP contribution < -0.4 is 5.32 Å². The Morgan fingerprint density at radius 2 is 1.81 bits per heavy atom. The highest BCUT2D eigenvalue weighted by Gasteiger charge is 2.08. The normalized spacial score (nSPS) is 11.7. The number of nitrogens with one attached hydrogen (secondary N) is 1. The van der Waals surface area contributed by atoms with E-state index < -0.39 is 0 Å². The summed E-state index contributed by atoms with van der Waals surface area (Å²) in [6, 6.07) is 0. The quantitative estimate of drug-likeness (QED) is 0.809. The Labute approximate surface area is 135 Å². The molecule has 116 valence electrons. The molecule has 0 aliphatic rings. The van der Waals surface area contributed by atoms with E-state index in [1.807, 2.05) is 6.92 Å². The molecule has 6 heteroatoms. The molecule has 2 aromatic heterocycles. The van der Waals surface area contributed by atoms with Crippen LogP contribution >= 0.6 is 22.7 Å². The van der Waals surface area contributed by atoms with E-state index in [2.05, 4.69) is 46.9 Å². The third kappa shape index (κ3) is 5.82. The second-order valence-electron chi connectivity index (χ2n) is 5.79. The van der Waals surface area contributed by atoms with Crippen molar-refractivity contribution in [3.63, 3.8) is 0 Å². The standard InChI is InChI=1S/C15H24N4S2/c1-11(2)5-16-6-15-18-14(10-21-15)8-19(4)7-13-9-20-12(3)17-13/h9-11,16H,5-8H2,1-4H3. The van der Waals surface area contributed by atoms with Gasteiger partial charge in [0.2, 0.25) is 0 Å².